The fraction of sp³-hybridized carbons (Fsp3) is 0. The van der Waals surface area contributed by atoms with Gasteiger partial charge in [0.1, 0.15) is 0 Å². The molecule has 0 aliphatic carbocycles. The summed E-state index contributed by atoms with van der Waals surface area (Å²) in [5.41, 5.74) is 8.75. The van der Waals surface area contributed by atoms with Crippen molar-refractivity contribution in [1.29, 1.82) is 0 Å². The van der Waals surface area contributed by atoms with E-state index in [0.717, 1.165) is 55.4 Å². The number of hydrogen-bond donors (Lipinski definition) is 0. The maximum absolute atomic E-state index is 5.00. The highest BCUT2D eigenvalue weighted by molar-refractivity contribution is 5.86. The summed E-state index contributed by atoms with van der Waals surface area (Å²) in [7, 11) is 0. The molecule has 7 aromatic rings. The fourth-order valence-electron chi connectivity index (χ4n) is 4.74. The number of para-hydroxylation sites is 2. The Morgan fingerprint density at radius 2 is 0.842 bits per heavy atom. The van der Waals surface area contributed by atoms with E-state index in [-0.39, 0.29) is 0 Å². The van der Waals surface area contributed by atoms with Gasteiger partial charge in [-0.25, -0.2) is 9.97 Å². The van der Waals surface area contributed by atoms with Crippen molar-refractivity contribution in [1.82, 2.24) is 19.9 Å². The van der Waals surface area contributed by atoms with E-state index in [4.69, 9.17) is 9.97 Å². The van der Waals surface area contributed by atoms with Crippen LogP contribution in [0.15, 0.2) is 134 Å². The lowest BCUT2D eigenvalue weighted by Gasteiger charge is -2.11. The van der Waals surface area contributed by atoms with Gasteiger partial charge in [0.05, 0.1) is 22.4 Å². The number of nitrogens with zero attached hydrogens (tertiary/aromatic N) is 4. The van der Waals surface area contributed by atoms with Gasteiger partial charge in [-0.05, 0) is 41.5 Å². The molecular formula is C34H22N4. The predicted molar refractivity (Wildman–Crippen MR) is 154 cm³/mol. The summed E-state index contributed by atoms with van der Waals surface area (Å²) in [6.07, 6.45) is 3.77. The Morgan fingerprint density at radius 1 is 0.368 bits per heavy atom. The molecule has 0 amide bonds. The minimum Gasteiger partial charge on any atom is -0.256 e. The first-order chi connectivity index (χ1) is 18.8. The monoisotopic (exact) mass is 486 g/mol. The molecule has 0 aliphatic heterocycles. The molecule has 0 unspecified atom stereocenters. The zero-order valence-corrected chi connectivity index (χ0v) is 20.5. The molecule has 7 rings (SSSR count). The van der Waals surface area contributed by atoms with Crippen LogP contribution >= 0.6 is 0 Å². The van der Waals surface area contributed by atoms with Crippen LogP contribution in [0.1, 0.15) is 0 Å². The van der Waals surface area contributed by atoms with E-state index in [2.05, 4.69) is 82.8 Å². The lowest BCUT2D eigenvalue weighted by Crippen LogP contribution is -1.97. The van der Waals surface area contributed by atoms with Crippen LogP contribution in [0.4, 0.5) is 0 Å². The minimum atomic E-state index is 0.665. The van der Waals surface area contributed by atoms with E-state index in [1.54, 1.807) is 0 Å². The first-order valence-corrected chi connectivity index (χ1v) is 12.6. The Hall–Kier alpha value is -5.22. The Kier molecular flexibility index (Phi) is 5.41. The van der Waals surface area contributed by atoms with Crippen LogP contribution in [0.3, 0.4) is 0 Å². The van der Waals surface area contributed by atoms with Crippen LogP contribution in [0.5, 0.6) is 0 Å². The molecule has 3 heterocycles. The molecule has 0 saturated heterocycles. The van der Waals surface area contributed by atoms with E-state index in [9.17, 15) is 0 Å². The predicted octanol–water partition coefficient (Wildman–Crippen LogP) is 8.24. The highest BCUT2D eigenvalue weighted by Crippen LogP contribution is 2.30. The molecule has 0 fully saturated rings. The van der Waals surface area contributed by atoms with Crippen molar-refractivity contribution in [3.05, 3.63) is 134 Å². The molecule has 3 aromatic heterocycles. The first kappa shape index (κ1) is 22.0. The van der Waals surface area contributed by atoms with Gasteiger partial charge in [0, 0.05) is 39.9 Å². The number of rotatable bonds is 4. The smallest absolute Gasteiger partial charge is 0.160 e. The third kappa shape index (κ3) is 4.18. The van der Waals surface area contributed by atoms with Crippen LogP contribution in [0.2, 0.25) is 0 Å². The number of fused-ring (bicyclic) bond motifs is 2. The summed E-state index contributed by atoms with van der Waals surface area (Å²) in [5, 5.41) is 2.15. The quantitative estimate of drug-likeness (QED) is 0.251. The van der Waals surface area contributed by atoms with E-state index >= 15 is 0 Å². The molecule has 4 heteroatoms. The van der Waals surface area contributed by atoms with E-state index in [0.29, 0.717) is 5.82 Å². The molecule has 38 heavy (non-hydrogen) atoms. The number of benzene rings is 4. The van der Waals surface area contributed by atoms with Crippen molar-refractivity contribution in [3.8, 4) is 45.0 Å². The topological polar surface area (TPSA) is 51.6 Å². The van der Waals surface area contributed by atoms with Crippen LogP contribution in [0, 0.1) is 0 Å². The lowest BCUT2D eigenvalue weighted by molar-refractivity contribution is 1.18. The van der Waals surface area contributed by atoms with E-state index < -0.39 is 0 Å². The van der Waals surface area contributed by atoms with Gasteiger partial charge in [0.25, 0.3) is 0 Å². The van der Waals surface area contributed by atoms with E-state index in [1.165, 1.54) is 5.56 Å². The molecule has 0 radical (unpaired) electrons. The Morgan fingerprint density at radius 3 is 1.42 bits per heavy atom. The molecule has 0 saturated carbocycles. The maximum Gasteiger partial charge on any atom is 0.160 e. The Labute approximate surface area is 220 Å². The third-order valence-electron chi connectivity index (χ3n) is 6.75. The number of hydrogen-bond acceptors (Lipinski definition) is 4. The van der Waals surface area contributed by atoms with Gasteiger partial charge in [-0.3, -0.25) is 9.97 Å². The average Bonchev–Trinajstić information content (AvgIpc) is 3.01. The van der Waals surface area contributed by atoms with Crippen LogP contribution < -0.4 is 0 Å². The van der Waals surface area contributed by atoms with Crippen LogP contribution in [0.25, 0.3) is 66.8 Å². The summed E-state index contributed by atoms with van der Waals surface area (Å²) < 4.78 is 0. The lowest BCUT2D eigenvalue weighted by atomic mass is 10.0. The molecule has 0 atom stereocenters. The summed E-state index contributed by atoms with van der Waals surface area (Å²) in [6.45, 7) is 0. The second-order valence-corrected chi connectivity index (χ2v) is 9.24. The highest BCUT2D eigenvalue weighted by atomic mass is 14.9. The summed E-state index contributed by atoms with van der Waals surface area (Å²) >= 11 is 0. The fourth-order valence-corrected chi connectivity index (χ4v) is 4.74. The molecule has 0 N–H and O–H groups in total. The second kappa shape index (κ2) is 9.34. The van der Waals surface area contributed by atoms with Crippen molar-refractivity contribution in [2.24, 2.45) is 0 Å². The van der Waals surface area contributed by atoms with Crippen molar-refractivity contribution < 1.29 is 0 Å². The molecule has 4 nitrogen and oxygen atoms in total. The van der Waals surface area contributed by atoms with Gasteiger partial charge >= 0.3 is 0 Å². The van der Waals surface area contributed by atoms with Crippen molar-refractivity contribution in [2.45, 2.75) is 0 Å². The van der Waals surface area contributed by atoms with Crippen molar-refractivity contribution >= 4 is 21.8 Å². The van der Waals surface area contributed by atoms with Crippen molar-refractivity contribution in [2.75, 3.05) is 0 Å². The Bertz CT molecular complexity index is 1810. The summed E-state index contributed by atoms with van der Waals surface area (Å²) in [6, 6.07) is 41.3. The SMILES string of the molecule is c1ccc(-c2ccc(-c3nc(-c4cnc5ccccc5c4)cc(-c4cnc5ccccc5c4)n3)cc2)cc1. The Balaban J connectivity index is 1.38. The largest absolute Gasteiger partial charge is 0.256 e. The number of aromatic nitrogens is 4. The van der Waals surface area contributed by atoms with Gasteiger partial charge < -0.3 is 0 Å². The number of pyridine rings is 2. The van der Waals surface area contributed by atoms with Crippen molar-refractivity contribution in [3.63, 3.8) is 0 Å². The molecule has 0 spiro atoms. The zero-order valence-electron chi connectivity index (χ0n) is 20.5. The molecule has 178 valence electrons. The van der Waals surface area contributed by atoms with Crippen LogP contribution in [-0.2, 0) is 0 Å². The normalized spacial score (nSPS) is 11.2. The minimum absolute atomic E-state index is 0.665. The molecule has 0 aliphatic rings. The third-order valence-corrected chi connectivity index (χ3v) is 6.75. The second-order valence-electron chi connectivity index (χ2n) is 9.24. The van der Waals surface area contributed by atoms with Gasteiger partial charge in [0.15, 0.2) is 5.82 Å². The molecule has 0 bridgehead atoms. The first-order valence-electron chi connectivity index (χ1n) is 12.6. The maximum atomic E-state index is 5.00. The van der Waals surface area contributed by atoms with Gasteiger partial charge in [0.2, 0.25) is 0 Å². The van der Waals surface area contributed by atoms with E-state index in [1.807, 2.05) is 60.9 Å². The molecule has 4 aromatic carbocycles. The van der Waals surface area contributed by atoms with Gasteiger partial charge in [-0.15, -0.1) is 0 Å². The summed E-state index contributed by atoms with van der Waals surface area (Å²) in [5.74, 6) is 0.665. The van der Waals surface area contributed by atoms with Gasteiger partial charge in [-0.1, -0.05) is 91.0 Å². The average molecular weight is 487 g/mol. The van der Waals surface area contributed by atoms with Gasteiger partial charge in [-0.2, -0.15) is 0 Å². The summed E-state index contributed by atoms with van der Waals surface area (Å²) in [4.78, 5) is 19.4. The van der Waals surface area contributed by atoms with Crippen LogP contribution in [-0.4, -0.2) is 19.9 Å². The standard InChI is InChI=1S/C34H22N4/c1-2-8-23(9-3-1)24-14-16-25(17-15-24)34-37-32(28-18-26-10-4-6-12-30(26)35-21-28)20-33(38-34)29-19-27-11-5-7-13-31(27)36-22-29/h1-22H. The highest BCUT2D eigenvalue weighted by Gasteiger charge is 2.13. The molecular weight excluding hydrogens is 464 g/mol. The zero-order chi connectivity index (χ0) is 25.3.